The molecule has 0 radical (unpaired) electrons. The number of ether oxygens (including phenoxy) is 1. The Balaban J connectivity index is 1.82. The average molecular weight is 452 g/mol. The van der Waals surface area contributed by atoms with Crippen molar-refractivity contribution < 1.29 is 4.74 Å². The van der Waals surface area contributed by atoms with Gasteiger partial charge in [-0.3, -0.25) is 0 Å². The van der Waals surface area contributed by atoms with Gasteiger partial charge in [-0.25, -0.2) is 0 Å². The predicted octanol–water partition coefficient (Wildman–Crippen LogP) is 6.72. The Labute approximate surface area is 182 Å². The third kappa shape index (κ3) is 4.36. The second-order valence-corrected chi connectivity index (χ2v) is 9.03. The molecule has 152 valence electrons. The van der Waals surface area contributed by atoms with Gasteiger partial charge in [-0.05, 0) is 77.7 Å². The molecule has 1 fully saturated rings. The van der Waals surface area contributed by atoms with Crippen LogP contribution >= 0.6 is 15.9 Å². The summed E-state index contributed by atoms with van der Waals surface area (Å²) in [7, 11) is 1.77. The van der Waals surface area contributed by atoms with E-state index >= 15 is 0 Å². The van der Waals surface area contributed by atoms with Gasteiger partial charge in [0.1, 0.15) is 5.75 Å². The fourth-order valence-electron chi connectivity index (χ4n) is 5.14. The van der Waals surface area contributed by atoms with E-state index in [1.807, 2.05) is 0 Å². The van der Waals surface area contributed by atoms with E-state index in [1.165, 1.54) is 41.2 Å². The smallest absolute Gasteiger partial charge is 0.122 e. The van der Waals surface area contributed by atoms with E-state index < -0.39 is 0 Å². The molecule has 1 N–H and O–H groups in total. The van der Waals surface area contributed by atoms with Crippen LogP contribution in [-0.2, 0) is 6.42 Å². The molecule has 3 heteroatoms. The molecule has 1 saturated heterocycles. The van der Waals surface area contributed by atoms with Gasteiger partial charge >= 0.3 is 0 Å². The Hall–Kier alpha value is -1.84. The van der Waals surface area contributed by atoms with Crippen molar-refractivity contribution in [3.63, 3.8) is 0 Å². The molecular weight excluding hydrogens is 422 g/mol. The zero-order chi connectivity index (χ0) is 20.2. The fraction of sp³-hybridized carbons (Fsp3) is 0.385. The summed E-state index contributed by atoms with van der Waals surface area (Å²) in [4.78, 5) is 0. The highest BCUT2D eigenvalue weighted by Crippen LogP contribution is 2.40. The molecule has 3 unspecified atom stereocenters. The first kappa shape index (κ1) is 20.4. The summed E-state index contributed by atoms with van der Waals surface area (Å²) < 4.78 is 6.84. The minimum Gasteiger partial charge on any atom is -0.496 e. The van der Waals surface area contributed by atoms with Crippen molar-refractivity contribution in [1.82, 2.24) is 5.32 Å². The van der Waals surface area contributed by atoms with Crippen molar-refractivity contribution in [1.29, 1.82) is 0 Å². The molecule has 0 bridgehead atoms. The standard InChI is InChI=1S/C26H30BrNO/c1-3-21(25-12-7-15-28-25)24(17-19-16-20(27)13-14-26(19)29-2)23-11-6-9-18-8-4-5-10-22(18)23/h4-6,8-11,13-14,16,21,24-25,28H,3,7,12,15,17H2,1-2H3. The third-order valence-corrected chi connectivity index (χ3v) is 7.00. The zero-order valence-electron chi connectivity index (χ0n) is 17.3. The first-order valence-electron chi connectivity index (χ1n) is 10.7. The molecule has 0 aromatic heterocycles. The summed E-state index contributed by atoms with van der Waals surface area (Å²) in [6.45, 7) is 3.49. The van der Waals surface area contributed by atoms with Gasteiger partial charge in [0.2, 0.25) is 0 Å². The lowest BCUT2D eigenvalue weighted by molar-refractivity contribution is 0.312. The quantitative estimate of drug-likeness (QED) is 0.430. The van der Waals surface area contributed by atoms with E-state index in [0.29, 0.717) is 17.9 Å². The molecule has 4 rings (SSSR count). The molecule has 0 amide bonds. The van der Waals surface area contributed by atoms with Crippen LogP contribution in [0.4, 0.5) is 0 Å². The zero-order valence-corrected chi connectivity index (χ0v) is 18.9. The summed E-state index contributed by atoms with van der Waals surface area (Å²) >= 11 is 3.66. The molecule has 29 heavy (non-hydrogen) atoms. The van der Waals surface area contributed by atoms with Crippen molar-refractivity contribution in [2.75, 3.05) is 13.7 Å². The monoisotopic (exact) mass is 451 g/mol. The van der Waals surface area contributed by atoms with Gasteiger partial charge in [0.15, 0.2) is 0 Å². The number of nitrogens with one attached hydrogen (secondary N) is 1. The molecule has 1 heterocycles. The number of halogens is 1. The van der Waals surface area contributed by atoms with Crippen molar-refractivity contribution >= 4 is 26.7 Å². The number of fused-ring (bicyclic) bond motifs is 1. The van der Waals surface area contributed by atoms with Crippen LogP contribution in [0.15, 0.2) is 65.1 Å². The van der Waals surface area contributed by atoms with Crippen LogP contribution in [0.3, 0.4) is 0 Å². The van der Waals surface area contributed by atoms with E-state index in [4.69, 9.17) is 4.74 Å². The molecule has 2 nitrogen and oxygen atoms in total. The van der Waals surface area contributed by atoms with Crippen LogP contribution in [0.2, 0.25) is 0 Å². The van der Waals surface area contributed by atoms with Gasteiger partial charge in [0.05, 0.1) is 7.11 Å². The first-order valence-corrected chi connectivity index (χ1v) is 11.5. The first-order chi connectivity index (χ1) is 14.2. The highest BCUT2D eigenvalue weighted by molar-refractivity contribution is 9.10. The summed E-state index contributed by atoms with van der Waals surface area (Å²) in [5, 5.41) is 6.50. The van der Waals surface area contributed by atoms with E-state index in [-0.39, 0.29) is 0 Å². The Bertz CT molecular complexity index is 959. The minimum absolute atomic E-state index is 0.435. The minimum atomic E-state index is 0.435. The maximum atomic E-state index is 5.73. The van der Waals surface area contributed by atoms with Gasteiger partial charge in [-0.15, -0.1) is 0 Å². The molecule has 1 aliphatic heterocycles. The number of hydrogen-bond acceptors (Lipinski definition) is 2. The maximum absolute atomic E-state index is 5.73. The van der Waals surface area contributed by atoms with Crippen LogP contribution in [-0.4, -0.2) is 19.7 Å². The summed E-state index contributed by atoms with van der Waals surface area (Å²) in [6, 6.07) is 22.5. The van der Waals surface area contributed by atoms with Gasteiger partial charge < -0.3 is 10.1 Å². The summed E-state index contributed by atoms with van der Waals surface area (Å²) in [5.74, 6) is 2.00. The lowest BCUT2D eigenvalue weighted by Gasteiger charge is -2.33. The van der Waals surface area contributed by atoms with Crippen LogP contribution in [0.5, 0.6) is 5.75 Å². The van der Waals surface area contributed by atoms with Crippen LogP contribution in [0.1, 0.15) is 43.2 Å². The Morgan fingerprint density at radius 3 is 2.69 bits per heavy atom. The number of rotatable bonds is 7. The average Bonchev–Trinajstić information content (AvgIpc) is 3.28. The largest absolute Gasteiger partial charge is 0.496 e. The molecule has 3 atom stereocenters. The highest BCUT2D eigenvalue weighted by atomic mass is 79.9. The topological polar surface area (TPSA) is 21.3 Å². The molecule has 3 aromatic rings. The predicted molar refractivity (Wildman–Crippen MR) is 126 cm³/mol. The van der Waals surface area contributed by atoms with Gasteiger partial charge in [0, 0.05) is 10.5 Å². The fourth-order valence-corrected chi connectivity index (χ4v) is 5.54. The van der Waals surface area contributed by atoms with E-state index in [0.717, 1.165) is 23.2 Å². The lowest BCUT2D eigenvalue weighted by Crippen LogP contribution is -2.35. The summed E-state index contributed by atoms with van der Waals surface area (Å²) in [6.07, 6.45) is 4.70. The Kier molecular flexibility index (Phi) is 6.56. The van der Waals surface area contributed by atoms with E-state index in [1.54, 1.807) is 7.11 Å². The lowest BCUT2D eigenvalue weighted by atomic mass is 9.74. The van der Waals surface area contributed by atoms with Crippen molar-refractivity contribution in [3.05, 3.63) is 76.3 Å². The molecule has 3 aromatic carbocycles. The number of methoxy groups -OCH3 is 1. The van der Waals surface area contributed by atoms with Crippen LogP contribution in [0.25, 0.3) is 10.8 Å². The number of hydrogen-bond donors (Lipinski definition) is 1. The Morgan fingerprint density at radius 1 is 1.10 bits per heavy atom. The Morgan fingerprint density at radius 2 is 1.93 bits per heavy atom. The summed E-state index contributed by atoms with van der Waals surface area (Å²) in [5.41, 5.74) is 2.74. The normalized spacial score (nSPS) is 18.7. The van der Waals surface area contributed by atoms with Crippen molar-refractivity contribution in [2.24, 2.45) is 5.92 Å². The van der Waals surface area contributed by atoms with Crippen molar-refractivity contribution in [3.8, 4) is 5.75 Å². The van der Waals surface area contributed by atoms with Gasteiger partial charge in [-0.2, -0.15) is 0 Å². The molecule has 0 spiro atoms. The van der Waals surface area contributed by atoms with Crippen LogP contribution < -0.4 is 10.1 Å². The molecule has 0 aliphatic carbocycles. The molecule has 0 saturated carbocycles. The molecule has 1 aliphatic rings. The number of benzene rings is 3. The van der Waals surface area contributed by atoms with Gasteiger partial charge in [0.25, 0.3) is 0 Å². The molecular formula is C26H30BrNO. The maximum Gasteiger partial charge on any atom is 0.122 e. The highest BCUT2D eigenvalue weighted by Gasteiger charge is 2.32. The third-order valence-electron chi connectivity index (χ3n) is 6.51. The van der Waals surface area contributed by atoms with E-state index in [9.17, 15) is 0 Å². The van der Waals surface area contributed by atoms with E-state index in [2.05, 4.69) is 88.8 Å². The van der Waals surface area contributed by atoms with Crippen LogP contribution in [0, 0.1) is 5.92 Å². The second kappa shape index (κ2) is 9.32. The van der Waals surface area contributed by atoms with Gasteiger partial charge in [-0.1, -0.05) is 71.7 Å². The SMILES string of the molecule is CCC(C1CCCN1)C(Cc1cc(Br)ccc1OC)c1cccc2ccccc12. The van der Waals surface area contributed by atoms with Crippen molar-refractivity contribution in [2.45, 2.75) is 44.6 Å². The second-order valence-electron chi connectivity index (χ2n) is 8.11.